The van der Waals surface area contributed by atoms with Crippen LogP contribution >= 0.6 is 15.9 Å². The summed E-state index contributed by atoms with van der Waals surface area (Å²) in [6, 6.07) is 13.2. The first-order valence-corrected chi connectivity index (χ1v) is 7.09. The zero-order valence-corrected chi connectivity index (χ0v) is 12.5. The first-order valence-electron chi connectivity index (χ1n) is 6.29. The van der Waals surface area contributed by atoms with Crippen LogP contribution in [0.2, 0.25) is 0 Å². The van der Waals surface area contributed by atoms with Gasteiger partial charge in [-0.3, -0.25) is 0 Å². The Hall–Kier alpha value is -1.19. The lowest BCUT2D eigenvalue weighted by atomic mass is 9.98. The van der Waals surface area contributed by atoms with E-state index in [4.69, 9.17) is 5.73 Å². The van der Waals surface area contributed by atoms with Crippen LogP contribution in [0.4, 0.5) is 4.39 Å². The van der Waals surface area contributed by atoms with Crippen molar-refractivity contribution >= 4 is 15.9 Å². The molecule has 2 aromatic rings. The summed E-state index contributed by atoms with van der Waals surface area (Å²) in [5, 5.41) is 0. The van der Waals surface area contributed by atoms with Gasteiger partial charge >= 0.3 is 0 Å². The topological polar surface area (TPSA) is 26.0 Å². The van der Waals surface area contributed by atoms with Crippen molar-refractivity contribution in [3.63, 3.8) is 0 Å². The van der Waals surface area contributed by atoms with E-state index in [1.54, 1.807) is 12.1 Å². The SMILES string of the molecule is Cc1cccc(CC(N)Cc2cc(Br)ccc2F)c1. The molecule has 1 nitrogen and oxygen atoms in total. The standard InChI is InChI=1S/C16H17BrFN/c1-11-3-2-4-12(7-11)8-15(19)10-13-9-14(17)5-6-16(13)18/h2-7,9,15H,8,10,19H2,1H3. The summed E-state index contributed by atoms with van der Waals surface area (Å²) in [6.45, 7) is 2.06. The quantitative estimate of drug-likeness (QED) is 0.904. The molecular formula is C16H17BrFN. The van der Waals surface area contributed by atoms with Crippen molar-refractivity contribution in [2.24, 2.45) is 5.73 Å². The van der Waals surface area contributed by atoms with Gasteiger partial charge in [-0.25, -0.2) is 4.39 Å². The number of aryl methyl sites for hydroxylation is 1. The second-order valence-corrected chi connectivity index (χ2v) is 5.81. The summed E-state index contributed by atoms with van der Waals surface area (Å²) in [7, 11) is 0. The number of halogens is 2. The van der Waals surface area contributed by atoms with E-state index in [1.807, 2.05) is 6.07 Å². The van der Waals surface area contributed by atoms with E-state index < -0.39 is 0 Å². The Morgan fingerprint density at radius 2 is 1.95 bits per heavy atom. The molecule has 2 aromatic carbocycles. The molecule has 0 aliphatic carbocycles. The average molecular weight is 322 g/mol. The van der Waals surface area contributed by atoms with Gasteiger partial charge in [0.25, 0.3) is 0 Å². The van der Waals surface area contributed by atoms with Gasteiger partial charge in [0.2, 0.25) is 0 Å². The lowest BCUT2D eigenvalue weighted by molar-refractivity contribution is 0.583. The molecule has 0 radical (unpaired) electrons. The zero-order valence-electron chi connectivity index (χ0n) is 10.9. The number of hydrogen-bond acceptors (Lipinski definition) is 1. The number of benzene rings is 2. The predicted molar refractivity (Wildman–Crippen MR) is 80.7 cm³/mol. The summed E-state index contributed by atoms with van der Waals surface area (Å²) < 4.78 is 14.5. The molecule has 19 heavy (non-hydrogen) atoms. The monoisotopic (exact) mass is 321 g/mol. The summed E-state index contributed by atoms with van der Waals surface area (Å²) in [5.74, 6) is -0.192. The maximum Gasteiger partial charge on any atom is 0.126 e. The van der Waals surface area contributed by atoms with Gasteiger partial charge < -0.3 is 5.73 Å². The summed E-state index contributed by atoms with van der Waals surface area (Å²) >= 11 is 3.36. The van der Waals surface area contributed by atoms with E-state index in [1.165, 1.54) is 17.2 Å². The molecule has 0 aliphatic rings. The van der Waals surface area contributed by atoms with Crippen LogP contribution in [0.5, 0.6) is 0 Å². The maximum absolute atomic E-state index is 13.7. The Bertz CT molecular complexity index is 568. The maximum atomic E-state index is 13.7. The molecule has 0 amide bonds. The van der Waals surface area contributed by atoms with Crippen molar-refractivity contribution in [1.29, 1.82) is 0 Å². The Kier molecular flexibility index (Phi) is 4.72. The van der Waals surface area contributed by atoms with Gasteiger partial charge in [-0.2, -0.15) is 0 Å². The smallest absolute Gasteiger partial charge is 0.126 e. The largest absolute Gasteiger partial charge is 0.327 e. The number of hydrogen-bond donors (Lipinski definition) is 1. The minimum Gasteiger partial charge on any atom is -0.327 e. The molecule has 0 saturated heterocycles. The highest BCUT2D eigenvalue weighted by Gasteiger charge is 2.10. The molecule has 100 valence electrons. The van der Waals surface area contributed by atoms with Crippen molar-refractivity contribution in [1.82, 2.24) is 0 Å². The molecule has 2 N–H and O–H groups in total. The van der Waals surface area contributed by atoms with Crippen molar-refractivity contribution in [2.45, 2.75) is 25.8 Å². The normalized spacial score (nSPS) is 12.4. The Labute approximate surface area is 121 Å². The lowest BCUT2D eigenvalue weighted by Gasteiger charge is -2.13. The van der Waals surface area contributed by atoms with E-state index in [0.29, 0.717) is 12.0 Å². The van der Waals surface area contributed by atoms with Crippen molar-refractivity contribution in [2.75, 3.05) is 0 Å². The van der Waals surface area contributed by atoms with Crippen LogP contribution in [-0.4, -0.2) is 6.04 Å². The third-order valence-electron chi connectivity index (χ3n) is 3.07. The van der Waals surface area contributed by atoms with Crippen LogP contribution in [0, 0.1) is 12.7 Å². The molecule has 1 atom stereocenters. The van der Waals surface area contributed by atoms with Crippen LogP contribution in [0.15, 0.2) is 46.9 Å². The van der Waals surface area contributed by atoms with Gasteiger partial charge in [0.05, 0.1) is 0 Å². The molecule has 0 spiro atoms. The molecule has 0 aromatic heterocycles. The Morgan fingerprint density at radius 3 is 2.68 bits per heavy atom. The first-order chi connectivity index (χ1) is 9.04. The average Bonchev–Trinajstić information content (AvgIpc) is 2.34. The second kappa shape index (κ2) is 6.31. The Balaban J connectivity index is 2.05. The van der Waals surface area contributed by atoms with Gasteiger partial charge in [0.15, 0.2) is 0 Å². The van der Waals surface area contributed by atoms with Crippen LogP contribution in [0.3, 0.4) is 0 Å². The highest BCUT2D eigenvalue weighted by molar-refractivity contribution is 9.10. The second-order valence-electron chi connectivity index (χ2n) is 4.89. The molecule has 0 aliphatic heterocycles. The molecular weight excluding hydrogens is 305 g/mol. The minimum atomic E-state index is -0.192. The van der Waals surface area contributed by atoms with Crippen LogP contribution < -0.4 is 5.73 Å². The van der Waals surface area contributed by atoms with E-state index >= 15 is 0 Å². The fourth-order valence-corrected chi connectivity index (χ4v) is 2.60. The highest BCUT2D eigenvalue weighted by atomic mass is 79.9. The fourth-order valence-electron chi connectivity index (χ4n) is 2.20. The molecule has 1 unspecified atom stereocenters. The van der Waals surface area contributed by atoms with Gasteiger partial charge in [-0.15, -0.1) is 0 Å². The Morgan fingerprint density at radius 1 is 1.16 bits per heavy atom. The summed E-state index contributed by atoms with van der Waals surface area (Å²) in [6.07, 6.45) is 1.30. The van der Waals surface area contributed by atoms with Gasteiger partial charge in [0, 0.05) is 10.5 Å². The molecule has 3 heteroatoms. The fraction of sp³-hybridized carbons (Fsp3) is 0.250. The zero-order chi connectivity index (χ0) is 13.8. The first kappa shape index (κ1) is 14.2. The predicted octanol–water partition coefficient (Wildman–Crippen LogP) is 4.01. The lowest BCUT2D eigenvalue weighted by Crippen LogP contribution is -2.26. The van der Waals surface area contributed by atoms with E-state index in [0.717, 1.165) is 10.9 Å². The summed E-state index contributed by atoms with van der Waals surface area (Å²) in [5.41, 5.74) is 9.20. The van der Waals surface area contributed by atoms with Crippen LogP contribution in [0.25, 0.3) is 0 Å². The van der Waals surface area contributed by atoms with Crippen molar-refractivity contribution < 1.29 is 4.39 Å². The number of rotatable bonds is 4. The van der Waals surface area contributed by atoms with Crippen LogP contribution in [-0.2, 0) is 12.8 Å². The minimum absolute atomic E-state index is 0.0781. The van der Waals surface area contributed by atoms with Crippen LogP contribution in [0.1, 0.15) is 16.7 Å². The van der Waals surface area contributed by atoms with Crippen molar-refractivity contribution in [3.8, 4) is 0 Å². The van der Waals surface area contributed by atoms with Gasteiger partial charge in [0.1, 0.15) is 5.82 Å². The molecule has 0 bridgehead atoms. The molecule has 2 rings (SSSR count). The van der Waals surface area contributed by atoms with E-state index in [2.05, 4.69) is 41.1 Å². The molecule has 0 heterocycles. The molecule has 0 saturated carbocycles. The van der Waals surface area contributed by atoms with E-state index in [-0.39, 0.29) is 11.9 Å². The summed E-state index contributed by atoms with van der Waals surface area (Å²) in [4.78, 5) is 0. The van der Waals surface area contributed by atoms with Crippen molar-refractivity contribution in [3.05, 3.63) is 69.4 Å². The van der Waals surface area contributed by atoms with Gasteiger partial charge in [-0.05, 0) is 49.1 Å². The molecule has 0 fully saturated rings. The number of nitrogens with two attached hydrogens (primary N) is 1. The highest BCUT2D eigenvalue weighted by Crippen LogP contribution is 2.17. The third-order valence-corrected chi connectivity index (χ3v) is 3.56. The van der Waals surface area contributed by atoms with E-state index in [9.17, 15) is 4.39 Å². The third kappa shape index (κ3) is 4.15. The van der Waals surface area contributed by atoms with Gasteiger partial charge in [-0.1, -0.05) is 45.8 Å².